The van der Waals surface area contributed by atoms with Crippen molar-refractivity contribution >= 4 is 33.4 Å². The summed E-state index contributed by atoms with van der Waals surface area (Å²) in [6, 6.07) is 4.05. The van der Waals surface area contributed by atoms with Gasteiger partial charge in [-0.15, -0.1) is 0 Å². The molecule has 0 fully saturated rings. The van der Waals surface area contributed by atoms with Gasteiger partial charge in [-0.1, -0.05) is 6.07 Å². The number of nitrogens with zero attached hydrogens (tertiary/aromatic N) is 1. The Morgan fingerprint density at radius 2 is 2.07 bits per heavy atom. The number of methoxy groups -OCH3 is 1. The summed E-state index contributed by atoms with van der Waals surface area (Å²) in [5.74, 6) is 0.914. The van der Waals surface area contributed by atoms with Gasteiger partial charge in [0.1, 0.15) is 5.75 Å². The van der Waals surface area contributed by atoms with Crippen LogP contribution in [0.25, 0.3) is 10.8 Å². The van der Waals surface area contributed by atoms with Crippen molar-refractivity contribution in [3.63, 3.8) is 0 Å². The van der Waals surface area contributed by atoms with Gasteiger partial charge in [0.2, 0.25) is 0 Å². The first-order chi connectivity index (χ1) is 6.74. The molecule has 14 heavy (non-hydrogen) atoms. The Labute approximate surface area is 96.4 Å². The third kappa shape index (κ3) is 1.45. The van der Waals surface area contributed by atoms with Gasteiger partial charge in [0.15, 0.2) is 0 Å². The molecule has 2 nitrogen and oxygen atoms in total. The zero-order chi connectivity index (χ0) is 10.1. The zero-order valence-corrected chi connectivity index (χ0v) is 10.2. The molecule has 0 aliphatic carbocycles. The number of hydrogen-bond donors (Lipinski definition) is 0. The first kappa shape index (κ1) is 9.71. The Morgan fingerprint density at radius 3 is 2.79 bits per heavy atom. The second-order valence-corrected chi connectivity index (χ2v) is 4.29. The molecule has 1 aromatic heterocycles. The molecule has 0 unspecified atom stereocenters. The number of halogens is 1. The highest BCUT2D eigenvalue weighted by Gasteiger charge is 2.07. The van der Waals surface area contributed by atoms with Gasteiger partial charge in [0.05, 0.1) is 7.11 Å². The van der Waals surface area contributed by atoms with E-state index < -0.39 is 0 Å². The van der Waals surface area contributed by atoms with Crippen LogP contribution < -0.4 is 4.74 Å². The highest BCUT2D eigenvalue weighted by atomic mass is 127. The van der Waals surface area contributed by atoms with Crippen LogP contribution in [0.15, 0.2) is 24.5 Å². The fraction of sp³-hybridized carbons (Fsp3) is 0.182. The largest absolute Gasteiger partial charge is 0.496 e. The van der Waals surface area contributed by atoms with Gasteiger partial charge >= 0.3 is 0 Å². The second-order valence-electron chi connectivity index (χ2n) is 3.13. The van der Waals surface area contributed by atoms with E-state index in [4.69, 9.17) is 4.74 Å². The summed E-state index contributed by atoms with van der Waals surface area (Å²) in [5.41, 5.74) is 1.23. The maximum atomic E-state index is 5.33. The highest BCUT2D eigenvalue weighted by Crippen LogP contribution is 2.30. The van der Waals surface area contributed by atoms with Crippen molar-refractivity contribution in [3.05, 3.63) is 33.7 Å². The summed E-state index contributed by atoms with van der Waals surface area (Å²) >= 11 is 2.28. The molecule has 0 atom stereocenters. The van der Waals surface area contributed by atoms with Crippen LogP contribution in [0.2, 0.25) is 0 Å². The predicted octanol–water partition coefficient (Wildman–Crippen LogP) is 3.16. The molecule has 0 saturated carbocycles. The Bertz CT molecular complexity index is 482. The van der Waals surface area contributed by atoms with Crippen molar-refractivity contribution < 1.29 is 4.74 Å². The van der Waals surface area contributed by atoms with Gasteiger partial charge in [0.25, 0.3) is 0 Å². The van der Waals surface area contributed by atoms with Crippen LogP contribution in [0, 0.1) is 10.5 Å². The van der Waals surface area contributed by atoms with Crippen molar-refractivity contribution in [3.8, 4) is 5.75 Å². The molecule has 0 radical (unpaired) electrons. The Kier molecular flexibility index (Phi) is 2.58. The molecule has 0 N–H and O–H groups in total. The number of fused-ring (bicyclic) bond motifs is 1. The number of ether oxygens (including phenoxy) is 1. The van der Waals surface area contributed by atoms with E-state index in [0.29, 0.717) is 0 Å². The lowest BCUT2D eigenvalue weighted by Crippen LogP contribution is -1.90. The smallest absolute Gasteiger partial charge is 0.127 e. The van der Waals surface area contributed by atoms with Gasteiger partial charge in [-0.25, -0.2) is 0 Å². The molecule has 0 aliphatic heterocycles. The molecule has 2 aromatic rings. The van der Waals surface area contributed by atoms with E-state index in [9.17, 15) is 0 Å². The van der Waals surface area contributed by atoms with Gasteiger partial charge < -0.3 is 4.74 Å². The van der Waals surface area contributed by atoms with E-state index in [1.54, 1.807) is 7.11 Å². The number of pyridine rings is 1. The lowest BCUT2D eigenvalue weighted by molar-refractivity contribution is 0.419. The van der Waals surface area contributed by atoms with Crippen LogP contribution in [0.5, 0.6) is 5.75 Å². The van der Waals surface area contributed by atoms with Gasteiger partial charge in [-0.05, 0) is 41.1 Å². The average molecular weight is 299 g/mol. The van der Waals surface area contributed by atoms with Crippen molar-refractivity contribution in [1.29, 1.82) is 0 Å². The molecule has 3 heteroatoms. The summed E-state index contributed by atoms with van der Waals surface area (Å²) < 4.78 is 6.46. The van der Waals surface area contributed by atoms with E-state index in [1.165, 1.54) is 5.56 Å². The lowest BCUT2D eigenvalue weighted by Gasteiger charge is -2.08. The number of aromatic nitrogens is 1. The SMILES string of the molecule is COc1ccc(C)c2cncc(I)c12. The molecule has 72 valence electrons. The summed E-state index contributed by atoms with van der Waals surface area (Å²) in [7, 11) is 1.70. The molecule has 0 amide bonds. The predicted molar refractivity (Wildman–Crippen MR) is 65.7 cm³/mol. The first-order valence-corrected chi connectivity index (χ1v) is 5.38. The highest BCUT2D eigenvalue weighted by molar-refractivity contribution is 14.1. The number of benzene rings is 1. The van der Waals surface area contributed by atoms with Crippen molar-refractivity contribution in [2.24, 2.45) is 0 Å². The molecule has 1 heterocycles. The summed E-state index contributed by atoms with van der Waals surface area (Å²) in [6.45, 7) is 2.08. The molecule has 0 saturated heterocycles. The average Bonchev–Trinajstić information content (AvgIpc) is 2.20. The van der Waals surface area contributed by atoms with Gasteiger partial charge in [-0.2, -0.15) is 0 Å². The van der Waals surface area contributed by atoms with E-state index >= 15 is 0 Å². The van der Waals surface area contributed by atoms with Crippen molar-refractivity contribution in [2.75, 3.05) is 7.11 Å². The Balaban J connectivity index is 2.92. The minimum absolute atomic E-state index is 0.914. The standard InChI is InChI=1S/C11H10INO/c1-7-3-4-10(14-2)11-8(7)5-13-6-9(11)12/h3-6H,1-2H3. The van der Waals surface area contributed by atoms with Crippen molar-refractivity contribution in [2.45, 2.75) is 6.92 Å². The topological polar surface area (TPSA) is 22.1 Å². The van der Waals surface area contributed by atoms with E-state index in [0.717, 1.165) is 20.1 Å². The van der Waals surface area contributed by atoms with E-state index in [-0.39, 0.29) is 0 Å². The third-order valence-corrected chi connectivity index (χ3v) is 3.09. The van der Waals surface area contributed by atoms with Crippen LogP contribution in [0.4, 0.5) is 0 Å². The monoisotopic (exact) mass is 299 g/mol. The molecule has 2 rings (SSSR count). The fourth-order valence-corrected chi connectivity index (χ4v) is 2.25. The minimum Gasteiger partial charge on any atom is -0.496 e. The molecule has 1 aromatic carbocycles. The summed E-state index contributed by atoms with van der Waals surface area (Å²) in [6.07, 6.45) is 3.74. The normalized spacial score (nSPS) is 10.5. The fourth-order valence-electron chi connectivity index (χ4n) is 1.53. The quantitative estimate of drug-likeness (QED) is 0.755. The molecular weight excluding hydrogens is 289 g/mol. The number of aryl methyl sites for hydroxylation is 1. The zero-order valence-electron chi connectivity index (χ0n) is 8.04. The Morgan fingerprint density at radius 1 is 1.29 bits per heavy atom. The van der Waals surface area contributed by atoms with Gasteiger partial charge in [0, 0.05) is 26.7 Å². The van der Waals surface area contributed by atoms with Crippen LogP contribution in [-0.4, -0.2) is 12.1 Å². The molecule has 0 aliphatic rings. The van der Waals surface area contributed by atoms with Crippen LogP contribution in [-0.2, 0) is 0 Å². The van der Waals surface area contributed by atoms with Crippen LogP contribution in [0.1, 0.15) is 5.56 Å². The Hall–Kier alpha value is -0.840. The van der Waals surface area contributed by atoms with E-state index in [2.05, 4.69) is 40.6 Å². The minimum atomic E-state index is 0.914. The summed E-state index contributed by atoms with van der Waals surface area (Å²) in [4.78, 5) is 4.19. The number of hydrogen-bond acceptors (Lipinski definition) is 2. The van der Waals surface area contributed by atoms with Crippen LogP contribution >= 0.6 is 22.6 Å². The van der Waals surface area contributed by atoms with Gasteiger partial charge in [-0.3, -0.25) is 4.98 Å². The second kappa shape index (κ2) is 3.73. The van der Waals surface area contributed by atoms with Crippen molar-refractivity contribution in [1.82, 2.24) is 4.98 Å². The molecular formula is C11H10INO. The maximum absolute atomic E-state index is 5.33. The maximum Gasteiger partial charge on any atom is 0.127 e. The third-order valence-electron chi connectivity index (χ3n) is 2.28. The van der Waals surface area contributed by atoms with E-state index in [1.807, 2.05) is 18.5 Å². The number of rotatable bonds is 1. The summed E-state index contributed by atoms with van der Waals surface area (Å²) in [5, 5.41) is 2.32. The first-order valence-electron chi connectivity index (χ1n) is 4.31. The lowest BCUT2D eigenvalue weighted by atomic mass is 10.1. The molecule has 0 spiro atoms. The van der Waals surface area contributed by atoms with Crippen LogP contribution in [0.3, 0.4) is 0 Å². The molecule has 0 bridgehead atoms.